The van der Waals surface area contributed by atoms with Gasteiger partial charge in [-0.1, -0.05) is 46.6 Å². The maximum atomic E-state index is 12.8. The Hall–Kier alpha value is -2.41. The van der Waals surface area contributed by atoms with Crippen LogP contribution in [0.1, 0.15) is 24.3 Å². The van der Waals surface area contributed by atoms with Crippen molar-refractivity contribution < 1.29 is 9.32 Å². The van der Waals surface area contributed by atoms with Gasteiger partial charge >= 0.3 is 0 Å². The Morgan fingerprint density at radius 1 is 1.27 bits per heavy atom. The van der Waals surface area contributed by atoms with E-state index in [1.807, 2.05) is 37.3 Å². The van der Waals surface area contributed by atoms with Gasteiger partial charge < -0.3 is 9.84 Å². The number of aromatic nitrogens is 2. The van der Waals surface area contributed by atoms with Gasteiger partial charge in [0.25, 0.3) is 0 Å². The largest absolute Gasteiger partial charge is 0.338 e. The Kier molecular flexibility index (Phi) is 6.37. The van der Waals surface area contributed by atoms with E-state index in [1.165, 1.54) is 0 Å². The predicted molar refractivity (Wildman–Crippen MR) is 118 cm³/mol. The van der Waals surface area contributed by atoms with Crippen LogP contribution in [0, 0.1) is 12.8 Å². The molecule has 1 atom stereocenters. The number of nitrogens with zero attached hydrogens (tertiary/aromatic N) is 3. The Morgan fingerprint density at radius 3 is 2.93 bits per heavy atom. The third-order valence-electron chi connectivity index (χ3n) is 5.28. The first-order chi connectivity index (χ1) is 14.5. The van der Waals surface area contributed by atoms with Gasteiger partial charge in [-0.25, -0.2) is 0 Å². The molecule has 0 radical (unpaired) electrons. The van der Waals surface area contributed by atoms with Gasteiger partial charge in [-0.2, -0.15) is 4.98 Å². The smallest absolute Gasteiger partial charge is 0.241 e. The molecule has 4 rings (SSSR count). The molecular formula is C22H22Cl2N4O2. The molecule has 8 heteroatoms. The third-order valence-corrected chi connectivity index (χ3v) is 5.84. The first kappa shape index (κ1) is 20.8. The van der Waals surface area contributed by atoms with Crippen LogP contribution >= 0.6 is 23.2 Å². The van der Waals surface area contributed by atoms with Gasteiger partial charge in [0.15, 0.2) is 0 Å². The fourth-order valence-electron chi connectivity index (χ4n) is 3.64. The van der Waals surface area contributed by atoms with Crippen molar-refractivity contribution in [3.05, 3.63) is 64.0 Å². The molecule has 0 saturated carbocycles. The minimum Gasteiger partial charge on any atom is -0.338 e. The number of aryl methyl sites for hydroxylation is 1. The first-order valence-corrected chi connectivity index (χ1v) is 10.6. The molecule has 0 bridgehead atoms. The van der Waals surface area contributed by atoms with Crippen LogP contribution < -0.4 is 5.32 Å². The summed E-state index contributed by atoms with van der Waals surface area (Å²) in [5, 5.41) is 8.26. The second kappa shape index (κ2) is 9.16. The minimum absolute atomic E-state index is 0.00681. The number of anilines is 1. The molecule has 1 fully saturated rings. The number of halogens is 2. The summed E-state index contributed by atoms with van der Waals surface area (Å²) in [7, 11) is 0. The molecule has 6 nitrogen and oxygen atoms in total. The highest BCUT2D eigenvalue weighted by Crippen LogP contribution is 2.26. The number of carbonyl (C=O) groups excluding carboxylic acids is 1. The molecule has 30 heavy (non-hydrogen) atoms. The van der Waals surface area contributed by atoms with E-state index in [1.54, 1.807) is 12.1 Å². The molecule has 1 unspecified atom stereocenters. The van der Waals surface area contributed by atoms with E-state index in [9.17, 15) is 4.79 Å². The Morgan fingerprint density at radius 2 is 2.10 bits per heavy atom. The summed E-state index contributed by atoms with van der Waals surface area (Å²) < 4.78 is 5.42. The lowest BCUT2D eigenvalue weighted by molar-refractivity contribution is -0.121. The summed E-state index contributed by atoms with van der Waals surface area (Å²) in [6.45, 7) is 3.96. The summed E-state index contributed by atoms with van der Waals surface area (Å²) in [6.07, 6.45) is 1.77. The van der Waals surface area contributed by atoms with Crippen LogP contribution in [0.2, 0.25) is 10.0 Å². The molecule has 3 aromatic rings. The first-order valence-electron chi connectivity index (χ1n) is 9.86. The molecule has 156 valence electrons. The van der Waals surface area contributed by atoms with E-state index >= 15 is 0 Å². The zero-order valence-corrected chi connectivity index (χ0v) is 18.1. The van der Waals surface area contributed by atoms with Crippen molar-refractivity contribution >= 4 is 34.8 Å². The van der Waals surface area contributed by atoms with E-state index in [4.69, 9.17) is 27.7 Å². The van der Waals surface area contributed by atoms with Gasteiger partial charge in [0.1, 0.15) is 0 Å². The van der Waals surface area contributed by atoms with Gasteiger partial charge in [0.2, 0.25) is 17.6 Å². The van der Waals surface area contributed by atoms with E-state index in [2.05, 4.69) is 20.4 Å². The van der Waals surface area contributed by atoms with Crippen molar-refractivity contribution in [2.24, 2.45) is 5.92 Å². The van der Waals surface area contributed by atoms with Gasteiger partial charge in [0.05, 0.1) is 17.5 Å². The fourth-order valence-corrected chi connectivity index (χ4v) is 4.03. The van der Waals surface area contributed by atoms with Gasteiger partial charge in [-0.05, 0) is 56.1 Å². The Balaban J connectivity index is 1.39. The normalized spacial score (nSPS) is 17.1. The molecule has 2 aromatic carbocycles. The van der Waals surface area contributed by atoms with Gasteiger partial charge in [0, 0.05) is 22.8 Å². The van der Waals surface area contributed by atoms with Gasteiger partial charge in [-0.15, -0.1) is 0 Å². The summed E-state index contributed by atoms with van der Waals surface area (Å²) >= 11 is 12.3. The number of nitrogens with one attached hydrogen (secondary N) is 1. The maximum Gasteiger partial charge on any atom is 0.241 e. The summed E-state index contributed by atoms with van der Waals surface area (Å²) in [5.74, 6) is 0.880. The zero-order chi connectivity index (χ0) is 21.1. The summed E-state index contributed by atoms with van der Waals surface area (Å²) in [4.78, 5) is 19.5. The van der Waals surface area contributed by atoms with Crippen LogP contribution in [-0.4, -0.2) is 34.0 Å². The van der Waals surface area contributed by atoms with E-state index in [0.29, 0.717) is 34.8 Å². The van der Waals surface area contributed by atoms with Crippen molar-refractivity contribution in [3.63, 3.8) is 0 Å². The number of benzene rings is 2. The Labute approximate surface area is 185 Å². The Bertz CT molecular complexity index is 1050. The van der Waals surface area contributed by atoms with Crippen LogP contribution in [-0.2, 0) is 11.3 Å². The molecule has 0 aliphatic carbocycles. The SMILES string of the molecule is Cc1ccc(Cl)cc1NC(=O)C1CCCN(Cc2nc(-c3ccccc3Cl)no2)C1. The number of hydrogen-bond acceptors (Lipinski definition) is 5. The van der Waals surface area contributed by atoms with Crippen molar-refractivity contribution in [2.75, 3.05) is 18.4 Å². The predicted octanol–water partition coefficient (Wildman–Crippen LogP) is 5.20. The average molecular weight is 445 g/mol. The van der Waals surface area contributed by atoms with Crippen LogP contribution in [0.15, 0.2) is 47.0 Å². The second-order valence-electron chi connectivity index (χ2n) is 7.51. The van der Waals surface area contributed by atoms with Crippen LogP contribution in [0.5, 0.6) is 0 Å². The third kappa shape index (κ3) is 4.83. The van der Waals surface area contributed by atoms with E-state index in [0.717, 1.165) is 36.2 Å². The van der Waals surface area contributed by atoms with Crippen LogP contribution in [0.25, 0.3) is 11.4 Å². The number of amides is 1. The van der Waals surface area contributed by atoms with Crippen molar-refractivity contribution in [3.8, 4) is 11.4 Å². The second-order valence-corrected chi connectivity index (χ2v) is 8.36. The molecule has 1 amide bonds. The van der Waals surface area contributed by atoms with Gasteiger partial charge in [-0.3, -0.25) is 9.69 Å². The molecule has 1 aliphatic rings. The van der Waals surface area contributed by atoms with Crippen molar-refractivity contribution in [1.29, 1.82) is 0 Å². The number of likely N-dealkylation sites (tertiary alicyclic amines) is 1. The maximum absolute atomic E-state index is 12.8. The number of hydrogen-bond donors (Lipinski definition) is 1. The van der Waals surface area contributed by atoms with Crippen molar-refractivity contribution in [2.45, 2.75) is 26.3 Å². The topological polar surface area (TPSA) is 71.3 Å². The summed E-state index contributed by atoms with van der Waals surface area (Å²) in [5.41, 5.74) is 2.48. The molecule has 2 heterocycles. The average Bonchev–Trinajstić information content (AvgIpc) is 3.19. The molecule has 0 spiro atoms. The molecule has 1 aromatic heterocycles. The zero-order valence-electron chi connectivity index (χ0n) is 16.6. The number of rotatable bonds is 5. The highest BCUT2D eigenvalue weighted by Gasteiger charge is 2.27. The van der Waals surface area contributed by atoms with Crippen LogP contribution in [0.4, 0.5) is 5.69 Å². The molecule has 1 saturated heterocycles. The minimum atomic E-state index is -0.108. The highest BCUT2D eigenvalue weighted by molar-refractivity contribution is 6.33. The molecule has 1 aliphatic heterocycles. The van der Waals surface area contributed by atoms with Crippen LogP contribution in [0.3, 0.4) is 0 Å². The van der Waals surface area contributed by atoms with Crippen molar-refractivity contribution in [1.82, 2.24) is 15.0 Å². The summed E-state index contributed by atoms with van der Waals surface area (Å²) in [6, 6.07) is 12.9. The number of piperidine rings is 1. The number of carbonyl (C=O) groups is 1. The lowest BCUT2D eigenvalue weighted by Gasteiger charge is -2.31. The quantitative estimate of drug-likeness (QED) is 0.585. The lowest BCUT2D eigenvalue weighted by Crippen LogP contribution is -2.40. The van der Waals surface area contributed by atoms with E-state index in [-0.39, 0.29) is 11.8 Å². The molecular weight excluding hydrogens is 423 g/mol. The van der Waals surface area contributed by atoms with E-state index < -0.39 is 0 Å². The highest BCUT2D eigenvalue weighted by atomic mass is 35.5. The standard InChI is InChI=1S/C22H22Cl2N4O2/c1-14-8-9-16(23)11-19(14)25-22(29)15-5-4-10-28(12-15)13-20-26-21(27-30-20)17-6-2-3-7-18(17)24/h2-3,6-9,11,15H,4-5,10,12-13H2,1H3,(H,25,29). The molecule has 1 N–H and O–H groups in total. The fraction of sp³-hybridized carbons (Fsp3) is 0.318. The lowest BCUT2D eigenvalue weighted by atomic mass is 9.97. The monoisotopic (exact) mass is 444 g/mol.